The van der Waals surface area contributed by atoms with Crippen molar-refractivity contribution in [1.29, 1.82) is 0 Å². The van der Waals surface area contributed by atoms with Gasteiger partial charge in [-0.15, -0.1) is 0 Å². The quantitative estimate of drug-likeness (QED) is 0.229. The van der Waals surface area contributed by atoms with Gasteiger partial charge in [-0.2, -0.15) is 0 Å². The molecule has 2 nitrogen and oxygen atoms in total. The lowest BCUT2D eigenvalue weighted by Crippen LogP contribution is -1.96. The molecule has 2 heterocycles. The second-order valence-corrected chi connectivity index (χ2v) is 10.3. The van der Waals surface area contributed by atoms with E-state index >= 15 is 0 Å². The molecule has 0 fully saturated rings. The first kappa shape index (κ1) is 22.0. The van der Waals surface area contributed by atoms with Crippen LogP contribution in [-0.2, 0) is 7.05 Å². The minimum absolute atomic E-state index is 1.17. The monoisotopic (exact) mass is 498 g/mol. The molecule has 0 unspecified atom stereocenters. The van der Waals surface area contributed by atoms with Crippen molar-refractivity contribution >= 4 is 43.6 Å². The fraction of sp³-hybridized carbons (Fsp3) is 0.0270. The number of aromatic nitrogens is 2. The van der Waals surface area contributed by atoms with Gasteiger partial charge in [-0.3, -0.25) is 0 Å². The number of nitrogens with zero attached hydrogens (tertiary/aromatic N) is 2. The van der Waals surface area contributed by atoms with Crippen LogP contribution in [-0.4, -0.2) is 9.13 Å². The number of rotatable bonds is 3. The van der Waals surface area contributed by atoms with Crippen molar-refractivity contribution in [1.82, 2.24) is 9.13 Å². The second-order valence-electron chi connectivity index (χ2n) is 10.3. The van der Waals surface area contributed by atoms with Crippen LogP contribution in [0.2, 0.25) is 0 Å². The smallest absolute Gasteiger partial charge is 0.0785 e. The van der Waals surface area contributed by atoms with Crippen molar-refractivity contribution in [2.75, 3.05) is 0 Å². The lowest BCUT2D eigenvalue weighted by atomic mass is 10.0. The topological polar surface area (TPSA) is 9.86 Å². The highest BCUT2D eigenvalue weighted by molar-refractivity contribution is 6.23. The Labute approximate surface area is 227 Å². The fourth-order valence-electron chi connectivity index (χ4n) is 6.27. The van der Waals surface area contributed by atoms with E-state index in [1.807, 2.05) is 0 Å². The molecule has 0 amide bonds. The normalized spacial score (nSPS) is 11.7. The van der Waals surface area contributed by atoms with Crippen LogP contribution in [0.15, 0.2) is 140 Å². The Bertz CT molecular complexity index is 2140. The largest absolute Gasteiger partial charge is 0.342 e. The highest BCUT2D eigenvalue weighted by atomic mass is 15.0. The van der Waals surface area contributed by atoms with Gasteiger partial charge in [-0.25, -0.2) is 0 Å². The van der Waals surface area contributed by atoms with Crippen LogP contribution >= 0.6 is 0 Å². The van der Waals surface area contributed by atoms with Crippen LogP contribution in [0.3, 0.4) is 0 Å². The molecule has 0 aliphatic heterocycles. The van der Waals surface area contributed by atoms with Crippen LogP contribution in [0, 0.1) is 0 Å². The van der Waals surface area contributed by atoms with E-state index in [0.717, 1.165) is 0 Å². The molecule has 0 bridgehead atoms. The summed E-state index contributed by atoms with van der Waals surface area (Å²) in [6.45, 7) is 0. The Morgan fingerprint density at radius 2 is 0.821 bits per heavy atom. The molecular weight excluding hydrogens is 472 g/mol. The SMILES string of the molecule is Cn1c2ccccc2c2ccc3c4ccccc4n(-c4ccc(-c5ccc(-c6ccccc6)cc5)cc4)c3c21. The standard InChI is InChI=1S/C37H26N2/c1-38-34-13-7-5-11-30(34)32-23-24-33-31-12-6-8-14-35(31)39(37(33)36(32)38)29-21-19-28(20-22-29)27-17-15-26(16-18-27)25-9-3-2-4-10-25/h2-24H,1H3. The van der Waals surface area contributed by atoms with Crippen LogP contribution in [0.25, 0.3) is 71.6 Å². The van der Waals surface area contributed by atoms with Crippen molar-refractivity contribution in [2.24, 2.45) is 7.05 Å². The zero-order valence-electron chi connectivity index (χ0n) is 21.7. The Hall–Kier alpha value is -5.08. The van der Waals surface area contributed by atoms with Crippen molar-refractivity contribution in [3.05, 3.63) is 140 Å². The number of hydrogen-bond donors (Lipinski definition) is 0. The minimum atomic E-state index is 1.17. The van der Waals surface area contributed by atoms with Crippen molar-refractivity contribution in [3.63, 3.8) is 0 Å². The predicted molar refractivity (Wildman–Crippen MR) is 166 cm³/mol. The van der Waals surface area contributed by atoms with E-state index in [-0.39, 0.29) is 0 Å². The lowest BCUT2D eigenvalue weighted by molar-refractivity contribution is 1.01. The molecule has 0 atom stereocenters. The van der Waals surface area contributed by atoms with Gasteiger partial charge >= 0.3 is 0 Å². The van der Waals surface area contributed by atoms with Crippen LogP contribution in [0.5, 0.6) is 0 Å². The molecule has 0 N–H and O–H groups in total. The highest BCUT2D eigenvalue weighted by Crippen LogP contribution is 2.40. The number of fused-ring (bicyclic) bond motifs is 7. The van der Waals surface area contributed by atoms with E-state index in [0.29, 0.717) is 0 Å². The molecule has 8 rings (SSSR count). The molecule has 39 heavy (non-hydrogen) atoms. The summed E-state index contributed by atoms with van der Waals surface area (Å²) in [5, 5.41) is 5.15. The van der Waals surface area contributed by atoms with E-state index < -0.39 is 0 Å². The van der Waals surface area contributed by atoms with E-state index in [2.05, 4.69) is 156 Å². The van der Waals surface area contributed by atoms with Gasteiger partial charge in [0.25, 0.3) is 0 Å². The molecule has 0 spiro atoms. The predicted octanol–water partition coefficient (Wildman–Crippen LogP) is 9.76. The summed E-state index contributed by atoms with van der Waals surface area (Å²) in [4.78, 5) is 0. The summed E-state index contributed by atoms with van der Waals surface area (Å²) >= 11 is 0. The summed E-state index contributed by atoms with van der Waals surface area (Å²) in [6, 6.07) is 50.4. The molecular formula is C37H26N2. The maximum absolute atomic E-state index is 2.44. The number of para-hydroxylation sites is 2. The fourth-order valence-corrected chi connectivity index (χ4v) is 6.27. The Morgan fingerprint density at radius 3 is 1.46 bits per heavy atom. The molecule has 0 saturated carbocycles. The zero-order valence-corrected chi connectivity index (χ0v) is 21.7. The summed E-state index contributed by atoms with van der Waals surface area (Å²) in [5.41, 5.74) is 11.1. The third-order valence-electron chi connectivity index (χ3n) is 8.15. The van der Waals surface area contributed by atoms with Crippen LogP contribution < -0.4 is 0 Å². The first-order valence-corrected chi connectivity index (χ1v) is 13.4. The maximum Gasteiger partial charge on any atom is 0.0785 e. The van der Waals surface area contributed by atoms with Gasteiger partial charge in [0.15, 0.2) is 0 Å². The first-order valence-electron chi connectivity index (χ1n) is 13.4. The van der Waals surface area contributed by atoms with Gasteiger partial charge in [-0.05, 0) is 46.5 Å². The number of hydrogen-bond acceptors (Lipinski definition) is 0. The van der Waals surface area contributed by atoms with E-state index in [1.54, 1.807) is 0 Å². The summed E-state index contributed by atoms with van der Waals surface area (Å²) < 4.78 is 4.79. The Morgan fingerprint density at radius 1 is 0.359 bits per heavy atom. The van der Waals surface area contributed by atoms with E-state index in [9.17, 15) is 0 Å². The lowest BCUT2D eigenvalue weighted by Gasteiger charge is -2.11. The average Bonchev–Trinajstić information content (AvgIpc) is 3.50. The van der Waals surface area contributed by atoms with Crippen LogP contribution in [0.1, 0.15) is 0 Å². The highest BCUT2D eigenvalue weighted by Gasteiger charge is 2.18. The number of aryl methyl sites for hydroxylation is 1. The Balaban J connectivity index is 1.31. The Kier molecular flexibility index (Phi) is 4.77. The first-order chi connectivity index (χ1) is 19.3. The van der Waals surface area contributed by atoms with Crippen molar-refractivity contribution in [3.8, 4) is 27.9 Å². The summed E-state index contributed by atoms with van der Waals surface area (Å²) in [5.74, 6) is 0. The third kappa shape index (κ3) is 3.28. The summed E-state index contributed by atoms with van der Waals surface area (Å²) in [7, 11) is 2.19. The molecule has 0 saturated heterocycles. The van der Waals surface area contributed by atoms with E-state index in [4.69, 9.17) is 0 Å². The molecule has 2 aromatic heterocycles. The molecule has 2 heteroatoms. The molecule has 184 valence electrons. The molecule has 8 aromatic rings. The molecule has 6 aromatic carbocycles. The van der Waals surface area contributed by atoms with Gasteiger partial charge in [0.05, 0.1) is 16.6 Å². The molecule has 0 aliphatic rings. The van der Waals surface area contributed by atoms with Crippen LogP contribution in [0.4, 0.5) is 0 Å². The van der Waals surface area contributed by atoms with Gasteiger partial charge < -0.3 is 9.13 Å². The zero-order chi connectivity index (χ0) is 25.9. The summed E-state index contributed by atoms with van der Waals surface area (Å²) in [6.07, 6.45) is 0. The van der Waals surface area contributed by atoms with Gasteiger partial charge in [0, 0.05) is 39.8 Å². The average molecular weight is 499 g/mol. The van der Waals surface area contributed by atoms with Gasteiger partial charge in [0.2, 0.25) is 0 Å². The van der Waals surface area contributed by atoms with Gasteiger partial charge in [-0.1, -0.05) is 115 Å². The van der Waals surface area contributed by atoms with Gasteiger partial charge in [0.1, 0.15) is 0 Å². The number of benzene rings is 6. The third-order valence-corrected chi connectivity index (χ3v) is 8.15. The minimum Gasteiger partial charge on any atom is -0.342 e. The van der Waals surface area contributed by atoms with Crippen molar-refractivity contribution in [2.45, 2.75) is 0 Å². The second kappa shape index (κ2) is 8.47. The van der Waals surface area contributed by atoms with Crippen molar-refractivity contribution < 1.29 is 0 Å². The molecule has 0 radical (unpaired) electrons. The molecule has 0 aliphatic carbocycles. The van der Waals surface area contributed by atoms with E-state index in [1.165, 1.54) is 71.6 Å². The maximum atomic E-state index is 2.44.